The number of nitrogens with one attached hydrogen (secondary N) is 2. The fraction of sp³-hybridized carbons (Fsp3) is 0.500. The number of halogens is 2. The number of likely N-dealkylation sites (tertiary alicyclic amines) is 1. The van der Waals surface area contributed by atoms with Gasteiger partial charge in [0.15, 0.2) is 0 Å². The number of aromatic nitrogens is 1. The van der Waals surface area contributed by atoms with Crippen molar-refractivity contribution in [3.63, 3.8) is 0 Å². The molecule has 2 aromatic rings. The maximum Gasteiger partial charge on any atom is 0.257 e. The molecule has 182 valence electrons. The number of aryl methyl sites for hydroxylation is 1. The highest BCUT2D eigenvalue weighted by atomic mass is 19.3. The Balaban J connectivity index is 1.25. The summed E-state index contributed by atoms with van der Waals surface area (Å²) in [4.78, 5) is 31.5. The van der Waals surface area contributed by atoms with Crippen LogP contribution in [0.1, 0.15) is 60.0 Å². The second-order valence-corrected chi connectivity index (χ2v) is 9.61. The van der Waals surface area contributed by atoms with Crippen LogP contribution in [0.15, 0.2) is 42.7 Å². The number of nitrogens with zero attached hydrogens (tertiary/aromatic N) is 2. The second-order valence-electron chi connectivity index (χ2n) is 9.61. The van der Waals surface area contributed by atoms with Crippen molar-refractivity contribution in [2.45, 2.75) is 64.0 Å². The fourth-order valence-corrected chi connectivity index (χ4v) is 4.86. The topological polar surface area (TPSA) is 74.3 Å². The van der Waals surface area contributed by atoms with Gasteiger partial charge in [-0.05, 0) is 75.0 Å². The third-order valence-corrected chi connectivity index (χ3v) is 6.67. The quantitative estimate of drug-likeness (QED) is 0.650. The van der Waals surface area contributed by atoms with Gasteiger partial charge in [0, 0.05) is 49.4 Å². The molecule has 2 aliphatic rings. The summed E-state index contributed by atoms with van der Waals surface area (Å²) in [5.41, 5.74) is 3.24. The van der Waals surface area contributed by atoms with Crippen LogP contribution >= 0.6 is 0 Å². The van der Waals surface area contributed by atoms with Gasteiger partial charge in [0.2, 0.25) is 11.8 Å². The normalized spacial score (nSPS) is 21.1. The molecule has 8 heteroatoms. The molecule has 1 saturated heterocycles. The Morgan fingerprint density at radius 3 is 2.68 bits per heavy atom. The summed E-state index contributed by atoms with van der Waals surface area (Å²) in [6.07, 6.45) is 5.45. The van der Waals surface area contributed by atoms with Gasteiger partial charge in [-0.15, -0.1) is 0 Å². The maximum atomic E-state index is 13.6. The first-order valence-corrected chi connectivity index (χ1v) is 12.0. The van der Waals surface area contributed by atoms with Gasteiger partial charge < -0.3 is 10.6 Å². The minimum Gasteiger partial charge on any atom is -0.353 e. The first-order chi connectivity index (χ1) is 16.3. The van der Waals surface area contributed by atoms with E-state index in [0.717, 1.165) is 36.4 Å². The fourth-order valence-electron chi connectivity index (χ4n) is 4.86. The second kappa shape index (κ2) is 10.6. The first kappa shape index (κ1) is 24.3. The zero-order valence-corrected chi connectivity index (χ0v) is 19.5. The lowest BCUT2D eigenvalue weighted by Crippen LogP contribution is -2.46. The number of carbonyl (C=O) groups excluding carboxylic acids is 2. The number of piperidine rings is 1. The third kappa shape index (κ3) is 6.59. The number of hydrogen-bond acceptors (Lipinski definition) is 4. The summed E-state index contributed by atoms with van der Waals surface area (Å²) in [7, 11) is 0. The Kier molecular flexibility index (Phi) is 7.56. The summed E-state index contributed by atoms with van der Waals surface area (Å²) in [6, 6.07) is 9.14. The van der Waals surface area contributed by atoms with E-state index >= 15 is 0 Å². The summed E-state index contributed by atoms with van der Waals surface area (Å²) < 4.78 is 27.2. The van der Waals surface area contributed by atoms with Crippen LogP contribution in [0.5, 0.6) is 0 Å². The minimum absolute atomic E-state index is 0.0776. The average molecular weight is 471 g/mol. The van der Waals surface area contributed by atoms with Crippen LogP contribution in [0.25, 0.3) is 0 Å². The summed E-state index contributed by atoms with van der Waals surface area (Å²) >= 11 is 0. The van der Waals surface area contributed by atoms with Gasteiger partial charge in [0.1, 0.15) is 0 Å². The van der Waals surface area contributed by atoms with Crippen LogP contribution in [0.3, 0.4) is 0 Å². The lowest BCUT2D eigenvalue weighted by atomic mass is 9.90. The van der Waals surface area contributed by atoms with Gasteiger partial charge >= 0.3 is 0 Å². The summed E-state index contributed by atoms with van der Waals surface area (Å²) in [6.45, 7) is 4.15. The molecule has 1 aliphatic heterocycles. The van der Waals surface area contributed by atoms with Crippen LogP contribution in [-0.2, 0) is 11.3 Å². The number of alkyl halides is 2. The summed E-state index contributed by atoms with van der Waals surface area (Å²) in [5, 5.41) is 5.79. The lowest BCUT2D eigenvalue weighted by molar-refractivity contribution is -0.128. The Bertz CT molecular complexity index is 1020. The number of pyridine rings is 1. The molecular weight excluding hydrogens is 438 g/mol. The van der Waals surface area contributed by atoms with Crippen LogP contribution in [-0.4, -0.2) is 46.8 Å². The van der Waals surface area contributed by atoms with Gasteiger partial charge in [-0.25, -0.2) is 8.78 Å². The van der Waals surface area contributed by atoms with Crippen LogP contribution in [0.4, 0.5) is 14.5 Å². The van der Waals surface area contributed by atoms with Gasteiger partial charge in [0.05, 0.1) is 5.56 Å². The van der Waals surface area contributed by atoms with Crippen molar-refractivity contribution in [2.24, 2.45) is 5.92 Å². The van der Waals surface area contributed by atoms with E-state index in [2.05, 4.69) is 20.5 Å². The van der Waals surface area contributed by atoms with E-state index in [0.29, 0.717) is 31.2 Å². The van der Waals surface area contributed by atoms with E-state index in [1.165, 1.54) is 0 Å². The van der Waals surface area contributed by atoms with Crippen LogP contribution < -0.4 is 10.6 Å². The molecule has 2 amide bonds. The average Bonchev–Trinajstić information content (AvgIpc) is 2.79. The molecular formula is C26H32F2N4O2. The largest absolute Gasteiger partial charge is 0.353 e. The lowest BCUT2D eigenvalue weighted by Gasteiger charge is -2.34. The van der Waals surface area contributed by atoms with Crippen molar-refractivity contribution >= 4 is 17.5 Å². The third-order valence-electron chi connectivity index (χ3n) is 6.67. The van der Waals surface area contributed by atoms with E-state index in [4.69, 9.17) is 0 Å². The zero-order valence-electron chi connectivity index (χ0n) is 19.5. The van der Waals surface area contributed by atoms with Gasteiger partial charge in [-0.3, -0.25) is 19.5 Å². The molecule has 1 aromatic heterocycles. The Morgan fingerprint density at radius 1 is 1.15 bits per heavy atom. The highest BCUT2D eigenvalue weighted by molar-refractivity contribution is 6.04. The van der Waals surface area contributed by atoms with Crippen molar-refractivity contribution in [3.8, 4) is 0 Å². The molecule has 2 N–H and O–H groups in total. The highest BCUT2D eigenvalue weighted by Gasteiger charge is 2.37. The van der Waals surface area contributed by atoms with Crippen molar-refractivity contribution in [3.05, 3.63) is 59.4 Å². The van der Waals surface area contributed by atoms with E-state index in [1.807, 2.05) is 31.2 Å². The Hall–Kier alpha value is -2.87. The molecule has 0 bridgehead atoms. The van der Waals surface area contributed by atoms with Crippen molar-refractivity contribution in [2.75, 3.05) is 18.4 Å². The molecule has 6 nitrogen and oxygen atoms in total. The monoisotopic (exact) mass is 470 g/mol. The standard InChI is InChI=1S/C26H32F2N4O2/c1-18-12-21(16-29-15-18)25(34)30-22-5-2-4-19(13-22)17-32-10-7-20(8-11-32)24(33)31-23-6-3-9-26(27,28)14-23/h2,4-5,12-13,15-16,20,23H,3,6-11,14,17H2,1H3,(H,30,34)(H,31,33). The molecule has 1 aliphatic carbocycles. The molecule has 2 fully saturated rings. The van der Waals surface area contributed by atoms with E-state index in [1.54, 1.807) is 18.5 Å². The first-order valence-electron chi connectivity index (χ1n) is 12.0. The van der Waals surface area contributed by atoms with E-state index in [9.17, 15) is 18.4 Å². The molecule has 0 radical (unpaired) electrons. The molecule has 34 heavy (non-hydrogen) atoms. The van der Waals surface area contributed by atoms with Gasteiger partial charge in [-0.2, -0.15) is 0 Å². The highest BCUT2D eigenvalue weighted by Crippen LogP contribution is 2.33. The molecule has 4 rings (SSSR count). The Morgan fingerprint density at radius 2 is 1.94 bits per heavy atom. The SMILES string of the molecule is Cc1cncc(C(=O)Nc2cccc(CN3CCC(C(=O)NC4CCCC(F)(F)C4)CC3)c2)c1. The molecule has 1 atom stereocenters. The number of amides is 2. The van der Waals surface area contributed by atoms with E-state index in [-0.39, 0.29) is 30.6 Å². The van der Waals surface area contributed by atoms with Crippen molar-refractivity contribution < 1.29 is 18.4 Å². The predicted octanol–water partition coefficient (Wildman–Crippen LogP) is 4.55. The van der Waals surface area contributed by atoms with Crippen molar-refractivity contribution in [1.29, 1.82) is 0 Å². The summed E-state index contributed by atoms with van der Waals surface area (Å²) in [5.74, 6) is -3.07. The zero-order chi connectivity index (χ0) is 24.1. The Labute approximate surface area is 199 Å². The van der Waals surface area contributed by atoms with Gasteiger partial charge in [-0.1, -0.05) is 12.1 Å². The number of carbonyl (C=O) groups is 2. The predicted molar refractivity (Wildman–Crippen MR) is 127 cm³/mol. The number of benzene rings is 1. The molecule has 0 spiro atoms. The smallest absolute Gasteiger partial charge is 0.257 e. The number of rotatable bonds is 6. The maximum absolute atomic E-state index is 13.6. The number of anilines is 1. The van der Waals surface area contributed by atoms with Crippen LogP contribution in [0.2, 0.25) is 0 Å². The molecule has 1 saturated carbocycles. The van der Waals surface area contributed by atoms with Gasteiger partial charge in [0.25, 0.3) is 5.91 Å². The molecule has 1 unspecified atom stereocenters. The number of hydrogen-bond donors (Lipinski definition) is 2. The molecule has 2 heterocycles. The minimum atomic E-state index is -2.66. The van der Waals surface area contributed by atoms with Crippen LogP contribution in [0, 0.1) is 12.8 Å². The van der Waals surface area contributed by atoms with E-state index < -0.39 is 12.0 Å². The molecule has 1 aromatic carbocycles. The van der Waals surface area contributed by atoms with Crippen molar-refractivity contribution in [1.82, 2.24) is 15.2 Å².